The molecular weight excluding hydrogens is 200 g/mol. The first-order valence-electron chi connectivity index (χ1n) is 5.74. The summed E-state index contributed by atoms with van der Waals surface area (Å²) in [6.45, 7) is 4.29. The van der Waals surface area contributed by atoms with Gasteiger partial charge in [0.2, 0.25) is 5.91 Å². The molecule has 16 heavy (non-hydrogen) atoms. The van der Waals surface area contributed by atoms with Gasteiger partial charge in [-0.15, -0.1) is 0 Å². The maximum absolute atomic E-state index is 11.7. The fourth-order valence-electron chi connectivity index (χ4n) is 1.53. The van der Waals surface area contributed by atoms with E-state index in [1.54, 1.807) is 0 Å². The zero-order valence-corrected chi connectivity index (χ0v) is 9.94. The Morgan fingerprint density at radius 1 is 1.38 bits per heavy atom. The lowest BCUT2D eigenvalue weighted by molar-refractivity contribution is -0.125. The Labute approximate surface area is 97.0 Å². The predicted molar refractivity (Wildman–Crippen MR) is 65.8 cm³/mol. The summed E-state index contributed by atoms with van der Waals surface area (Å²) in [5.41, 5.74) is 6.61. The maximum Gasteiger partial charge on any atom is 0.224 e. The molecule has 0 heterocycles. The second-order valence-corrected chi connectivity index (χ2v) is 4.02. The Hall–Kier alpha value is -1.35. The molecule has 3 heteroatoms. The minimum atomic E-state index is -0.127. The van der Waals surface area contributed by atoms with Gasteiger partial charge in [0, 0.05) is 12.5 Å². The van der Waals surface area contributed by atoms with Gasteiger partial charge in [-0.1, -0.05) is 44.2 Å². The van der Waals surface area contributed by atoms with Gasteiger partial charge in [0.1, 0.15) is 0 Å². The number of nitrogens with one attached hydrogen (secondary N) is 1. The third-order valence-corrected chi connectivity index (χ3v) is 2.73. The molecule has 1 amide bonds. The number of rotatable bonds is 5. The van der Waals surface area contributed by atoms with E-state index in [0.29, 0.717) is 6.54 Å². The van der Waals surface area contributed by atoms with Crippen molar-refractivity contribution in [2.24, 2.45) is 11.7 Å². The number of amides is 1. The predicted octanol–water partition coefficient (Wildman–Crippen LogP) is 1.85. The maximum atomic E-state index is 11.7. The highest BCUT2D eigenvalue weighted by molar-refractivity contribution is 5.78. The first kappa shape index (κ1) is 12.7. The number of hydrogen-bond acceptors (Lipinski definition) is 2. The van der Waals surface area contributed by atoms with E-state index in [4.69, 9.17) is 5.73 Å². The van der Waals surface area contributed by atoms with Crippen molar-refractivity contribution in [1.82, 2.24) is 5.32 Å². The lowest BCUT2D eigenvalue weighted by atomic mass is 10.0. The van der Waals surface area contributed by atoms with Gasteiger partial charge in [0.25, 0.3) is 0 Å². The van der Waals surface area contributed by atoms with Crippen LogP contribution >= 0.6 is 0 Å². The van der Waals surface area contributed by atoms with Crippen molar-refractivity contribution in [1.29, 1.82) is 0 Å². The Balaban J connectivity index is 2.66. The first-order chi connectivity index (χ1) is 7.69. The van der Waals surface area contributed by atoms with Crippen LogP contribution < -0.4 is 11.1 Å². The monoisotopic (exact) mass is 220 g/mol. The van der Waals surface area contributed by atoms with Gasteiger partial charge in [-0.25, -0.2) is 0 Å². The molecule has 1 aromatic rings. The Morgan fingerprint density at radius 2 is 2.00 bits per heavy atom. The molecule has 0 saturated heterocycles. The highest BCUT2D eigenvalue weighted by Gasteiger charge is 2.16. The van der Waals surface area contributed by atoms with Crippen LogP contribution in [0.4, 0.5) is 0 Å². The first-order valence-corrected chi connectivity index (χ1v) is 5.74. The second-order valence-electron chi connectivity index (χ2n) is 4.02. The van der Waals surface area contributed by atoms with Crippen LogP contribution in [0.5, 0.6) is 0 Å². The zero-order chi connectivity index (χ0) is 12.0. The van der Waals surface area contributed by atoms with Gasteiger partial charge < -0.3 is 11.1 Å². The van der Waals surface area contributed by atoms with Crippen molar-refractivity contribution in [2.45, 2.75) is 26.3 Å². The molecule has 0 fully saturated rings. The number of carbonyl (C=O) groups is 1. The van der Waals surface area contributed by atoms with Crippen LogP contribution in [0.15, 0.2) is 30.3 Å². The molecule has 0 radical (unpaired) electrons. The molecule has 0 bridgehead atoms. The average molecular weight is 220 g/mol. The van der Waals surface area contributed by atoms with Crippen molar-refractivity contribution >= 4 is 5.91 Å². The number of hydrogen-bond donors (Lipinski definition) is 2. The summed E-state index contributed by atoms with van der Waals surface area (Å²) in [6, 6.07) is 10.1. The number of benzene rings is 1. The molecular formula is C13H20N2O. The van der Waals surface area contributed by atoms with Gasteiger partial charge in [-0.2, -0.15) is 0 Å². The minimum Gasteiger partial charge on any atom is -0.349 e. The molecule has 0 aliphatic heterocycles. The van der Waals surface area contributed by atoms with Crippen LogP contribution in [0.25, 0.3) is 0 Å². The van der Waals surface area contributed by atoms with Crippen LogP contribution in [-0.4, -0.2) is 12.5 Å². The molecule has 3 nitrogen and oxygen atoms in total. The normalized spacial score (nSPS) is 14.2. The van der Waals surface area contributed by atoms with E-state index in [1.807, 2.05) is 37.3 Å². The lowest BCUT2D eigenvalue weighted by Gasteiger charge is -2.19. The van der Waals surface area contributed by atoms with E-state index in [0.717, 1.165) is 12.0 Å². The molecule has 0 unspecified atom stereocenters. The Morgan fingerprint density at radius 3 is 2.50 bits per heavy atom. The van der Waals surface area contributed by atoms with Gasteiger partial charge in [-0.05, 0) is 12.0 Å². The zero-order valence-electron chi connectivity index (χ0n) is 9.94. The topological polar surface area (TPSA) is 55.1 Å². The standard InChI is InChI=1S/C13H20N2O/c1-3-12(11-7-5-4-6-8-11)15-13(16)10(2)9-14/h4-8,10,12H,3,9,14H2,1-2H3,(H,15,16)/t10-,12-/m0/s1. The smallest absolute Gasteiger partial charge is 0.224 e. The summed E-state index contributed by atoms with van der Waals surface area (Å²) in [5.74, 6) is -0.101. The lowest BCUT2D eigenvalue weighted by Crippen LogP contribution is -2.35. The number of carbonyl (C=O) groups excluding carboxylic acids is 1. The Bertz CT molecular complexity index is 324. The average Bonchev–Trinajstić information content (AvgIpc) is 2.35. The summed E-state index contributed by atoms with van der Waals surface area (Å²) in [6.07, 6.45) is 0.882. The minimum absolute atomic E-state index is 0.0261. The molecule has 0 aromatic heterocycles. The van der Waals surface area contributed by atoms with Gasteiger partial charge in [0.15, 0.2) is 0 Å². The molecule has 1 rings (SSSR count). The van der Waals surface area contributed by atoms with Crippen molar-refractivity contribution in [2.75, 3.05) is 6.54 Å². The SMILES string of the molecule is CC[C@H](NC(=O)[C@@H](C)CN)c1ccccc1. The summed E-state index contributed by atoms with van der Waals surface area (Å²) in [7, 11) is 0. The molecule has 88 valence electrons. The molecule has 0 aliphatic rings. The molecule has 1 aromatic carbocycles. The van der Waals surface area contributed by atoms with Gasteiger partial charge in [0.05, 0.1) is 6.04 Å². The van der Waals surface area contributed by atoms with Crippen molar-refractivity contribution in [3.63, 3.8) is 0 Å². The van der Waals surface area contributed by atoms with Crippen molar-refractivity contribution < 1.29 is 4.79 Å². The van der Waals surface area contributed by atoms with Crippen molar-refractivity contribution in [3.05, 3.63) is 35.9 Å². The summed E-state index contributed by atoms with van der Waals surface area (Å²) < 4.78 is 0. The van der Waals surface area contributed by atoms with Crippen LogP contribution in [0.2, 0.25) is 0 Å². The van der Waals surface area contributed by atoms with E-state index in [9.17, 15) is 4.79 Å². The van der Waals surface area contributed by atoms with E-state index in [1.165, 1.54) is 0 Å². The fourth-order valence-corrected chi connectivity index (χ4v) is 1.53. The highest BCUT2D eigenvalue weighted by atomic mass is 16.1. The second kappa shape index (κ2) is 6.28. The highest BCUT2D eigenvalue weighted by Crippen LogP contribution is 2.16. The molecule has 3 N–H and O–H groups in total. The third kappa shape index (κ3) is 3.35. The molecule has 2 atom stereocenters. The van der Waals surface area contributed by atoms with E-state index in [-0.39, 0.29) is 17.9 Å². The van der Waals surface area contributed by atoms with Crippen LogP contribution in [-0.2, 0) is 4.79 Å². The van der Waals surface area contributed by atoms with Gasteiger partial charge in [-0.3, -0.25) is 4.79 Å². The van der Waals surface area contributed by atoms with Crippen molar-refractivity contribution in [3.8, 4) is 0 Å². The molecule has 0 spiro atoms. The van der Waals surface area contributed by atoms with E-state index < -0.39 is 0 Å². The summed E-state index contributed by atoms with van der Waals surface area (Å²) in [5, 5.41) is 3.01. The van der Waals surface area contributed by atoms with Crippen LogP contribution in [0.3, 0.4) is 0 Å². The summed E-state index contributed by atoms with van der Waals surface area (Å²) >= 11 is 0. The van der Waals surface area contributed by atoms with Gasteiger partial charge >= 0.3 is 0 Å². The van der Waals surface area contributed by atoms with Crippen LogP contribution in [0, 0.1) is 5.92 Å². The summed E-state index contributed by atoms with van der Waals surface area (Å²) in [4.78, 5) is 11.7. The number of nitrogens with two attached hydrogens (primary N) is 1. The van der Waals surface area contributed by atoms with E-state index in [2.05, 4.69) is 12.2 Å². The molecule has 0 aliphatic carbocycles. The quantitative estimate of drug-likeness (QED) is 0.795. The Kier molecular flexibility index (Phi) is 4.99. The largest absolute Gasteiger partial charge is 0.349 e. The van der Waals surface area contributed by atoms with Crippen LogP contribution in [0.1, 0.15) is 31.9 Å². The fraction of sp³-hybridized carbons (Fsp3) is 0.462. The molecule has 0 saturated carbocycles. The third-order valence-electron chi connectivity index (χ3n) is 2.73. The van der Waals surface area contributed by atoms with E-state index >= 15 is 0 Å².